The monoisotopic (exact) mass is 854 g/mol. The third-order valence-corrected chi connectivity index (χ3v) is 17.5. The quantitative estimate of drug-likeness (QED) is 0.152. The van der Waals surface area contributed by atoms with Crippen LogP contribution < -0.4 is 21.2 Å². The van der Waals surface area contributed by atoms with Gasteiger partial charge in [0.1, 0.15) is 24.4 Å². The van der Waals surface area contributed by atoms with Crippen LogP contribution in [-0.2, 0) is 33.2 Å². The maximum Gasteiger partial charge on any atom is 0.184 e. The van der Waals surface area contributed by atoms with Gasteiger partial charge in [-0.2, -0.15) is 0 Å². The Balaban J connectivity index is 1.06. The minimum absolute atomic E-state index is 0.175. The van der Waals surface area contributed by atoms with Crippen LogP contribution >= 0.6 is 15.8 Å². The van der Waals surface area contributed by atoms with E-state index in [0.717, 1.165) is 32.3 Å². The normalized spacial score (nSPS) is 31.3. The Morgan fingerprint density at radius 3 is 1.00 bits per heavy atom. The fourth-order valence-electron chi connectivity index (χ4n) is 8.96. The van der Waals surface area contributed by atoms with E-state index in [2.05, 4.69) is 48.5 Å². The minimum Gasteiger partial charge on any atom is -0.389 e. The van der Waals surface area contributed by atoms with Crippen molar-refractivity contribution in [3.05, 3.63) is 193 Å². The standard InChI is InChI=1S/C50H48O9P2/c51-41-43-39(31-53-47(57-43)33-19-7-1-8-20-33)55-49(45(41)60(35-23-11-3-12-24-35)36-25-13-4-14-26-36)59-50-46(61(37-27-15-5-16-28-37)38-29-17-6-18-30-38)42(52)44-40(56-50)32-54-48(58-44)34-21-9-2-10-22-34/h1-30,39-52H,31-32H2/t39-,40-,41-,42-,43-,44-,45+,46+,47?,48?,49-,50-/m1/s1. The van der Waals surface area contributed by atoms with E-state index >= 15 is 0 Å². The first kappa shape index (κ1) is 40.9. The van der Waals surface area contributed by atoms with Gasteiger partial charge in [-0.1, -0.05) is 182 Å². The van der Waals surface area contributed by atoms with Crippen molar-refractivity contribution in [2.45, 2.75) is 73.1 Å². The number of benzene rings is 6. The summed E-state index contributed by atoms with van der Waals surface area (Å²) < 4.78 is 47.2. The summed E-state index contributed by atoms with van der Waals surface area (Å²) in [7, 11) is -2.67. The summed E-state index contributed by atoms with van der Waals surface area (Å²) in [6.07, 6.45) is -8.21. The fraction of sp³-hybridized carbons (Fsp3) is 0.280. The smallest absolute Gasteiger partial charge is 0.184 e. The molecule has 9 nitrogen and oxygen atoms in total. The van der Waals surface area contributed by atoms with Gasteiger partial charge in [0.25, 0.3) is 0 Å². The van der Waals surface area contributed by atoms with E-state index in [-0.39, 0.29) is 13.2 Å². The highest BCUT2D eigenvalue weighted by atomic mass is 31.1. The molecule has 2 N–H and O–H groups in total. The summed E-state index contributed by atoms with van der Waals surface area (Å²) in [6, 6.07) is 60.5. The van der Waals surface area contributed by atoms with Crippen LogP contribution in [-0.4, -0.2) is 83.9 Å². The molecular formula is C50H48O9P2. The lowest BCUT2D eigenvalue weighted by atomic mass is 9.98. The van der Waals surface area contributed by atoms with Crippen LogP contribution in [0.2, 0.25) is 0 Å². The highest BCUT2D eigenvalue weighted by Gasteiger charge is 2.57. The first-order valence-electron chi connectivity index (χ1n) is 20.9. The van der Waals surface area contributed by atoms with Crippen molar-refractivity contribution in [2.24, 2.45) is 0 Å². The molecular weight excluding hydrogens is 806 g/mol. The van der Waals surface area contributed by atoms with Crippen LogP contribution in [0.15, 0.2) is 182 Å². The number of hydrogen-bond donors (Lipinski definition) is 2. The van der Waals surface area contributed by atoms with Crippen molar-refractivity contribution in [2.75, 3.05) is 13.2 Å². The van der Waals surface area contributed by atoms with E-state index in [1.54, 1.807) is 0 Å². The summed E-state index contributed by atoms with van der Waals surface area (Å²) >= 11 is 0. The first-order valence-corrected chi connectivity index (χ1v) is 23.7. The molecule has 4 fully saturated rings. The van der Waals surface area contributed by atoms with E-state index in [0.29, 0.717) is 0 Å². The molecule has 0 spiro atoms. The van der Waals surface area contributed by atoms with Gasteiger partial charge < -0.3 is 43.4 Å². The Kier molecular flexibility index (Phi) is 12.5. The molecule has 0 radical (unpaired) electrons. The van der Waals surface area contributed by atoms with Crippen molar-refractivity contribution >= 4 is 37.1 Å². The van der Waals surface area contributed by atoms with E-state index < -0.39 is 88.9 Å². The second-order valence-electron chi connectivity index (χ2n) is 15.6. The Hall–Kier alpha value is -4.18. The molecule has 6 aromatic rings. The van der Waals surface area contributed by atoms with Crippen molar-refractivity contribution < 1.29 is 43.4 Å². The molecule has 11 heteroatoms. The molecule has 4 saturated heterocycles. The number of hydrogen-bond acceptors (Lipinski definition) is 9. The summed E-state index contributed by atoms with van der Waals surface area (Å²) in [6.45, 7) is 0.349. The lowest BCUT2D eigenvalue weighted by Crippen LogP contribution is -2.66. The Morgan fingerprint density at radius 2 is 0.689 bits per heavy atom. The van der Waals surface area contributed by atoms with Crippen LogP contribution in [0, 0.1) is 0 Å². The summed E-state index contributed by atoms with van der Waals surface area (Å²) in [5.74, 6) is 0. The van der Waals surface area contributed by atoms with Gasteiger partial charge in [0.2, 0.25) is 0 Å². The topological polar surface area (TPSA) is 105 Å². The highest BCUT2D eigenvalue weighted by Crippen LogP contribution is 2.53. The fourth-order valence-corrected chi connectivity index (χ4v) is 14.6. The van der Waals surface area contributed by atoms with E-state index in [9.17, 15) is 10.2 Å². The Bertz CT molecular complexity index is 2040. The second kappa shape index (κ2) is 18.7. The van der Waals surface area contributed by atoms with Crippen LogP contribution in [0.25, 0.3) is 0 Å². The van der Waals surface area contributed by atoms with Gasteiger partial charge in [0.05, 0.1) is 36.7 Å². The molecule has 2 unspecified atom stereocenters. The van der Waals surface area contributed by atoms with Gasteiger partial charge in [-0.25, -0.2) is 0 Å². The highest BCUT2D eigenvalue weighted by molar-refractivity contribution is 7.74. The zero-order chi connectivity index (χ0) is 41.1. The third kappa shape index (κ3) is 8.51. The average Bonchev–Trinajstić information content (AvgIpc) is 3.33. The third-order valence-electron chi connectivity index (χ3n) is 11.8. The molecule has 4 heterocycles. The Morgan fingerprint density at radius 1 is 0.393 bits per heavy atom. The molecule has 4 aliphatic rings. The predicted octanol–water partition coefficient (Wildman–Crippen LogP) is 6.41. The number of rotatable bonds is 10. The molecule has 6 aromatic carbocycles. The molecule has 61 heavy (non-hydrogen) atoms. The number of fused-ring (bicyclic) bond motifs is 2. The molecule has 0 aromatic heterocycles. The van der Waals surface area contributed by atoms with Crippen molar-refractivity contribution in [1.82, 2.24) is 0 Å². The number of ether oxygens (including phenoxy) is 7. The van der Waals surface area contributed by atoms with Crippen molar-refractivity contribution in [1.29, 1.82) is 0 Å². The maximum absolute atomic E-state index is 12.9. The number of aliphatic hydroxyl groups excluding tert-OH is 2. The van der Waals surface area contributed by atoms with E-state index in [4.69, 9.17) is 33.2 Å². The molecule has 312 valence electrons. The molecule has 0 amide bonds. The Labute approximate surface area is 358 Å². The van der Waals surface area contributed by atoms with Gasteiger partial charge >= 0.3 is 0 Å². The maximum atomic E-state index is 12.9. The van der Waals surface area contributed by atoms with Gasteiger partial charge in [-0.05, 0) is 37.1 Å². The number of aliphatic hydroxyl groups is 2. The summed E-state index contributed by atoms with van der Waals surface area (Å²) in [5.41, 5.74) is 0.464. The molecule has 0 aliphatic carbocycles. The van der Waals surface area contributed by atoms with E-state index in [1.165, 1.54) is 0 Å². The van der Waals surface area contributed by atoms with Gasteiger partial charge in [-0.3, -0.25) is 0 Å². The first-order chi connectivity index (χ1) is 30.1. The van der Waals surface area contributed by atoms with Crippen molar-refractivity contribution in [3.63, 3.8) is 0 Å². The molecule has 4 aliphatic heterocycles. The van der Waals surface area contributed by atoms with E-state index in [1.807, 2.05) is 133 Å². The van der Waals surface area contributed by atoms with Crippen molar-refractivity contribution in [3.8, 4) is 0 Å². The second-order valence-corrected chi connectivity index (χ2v) is 20.4. The minimum atomic E-state index is -1.33. The largest absolute Gasteiger partial charge is 0.389 e. The van der Waals surface area contributed by atoms with Crippen LogP contribution in [0.3, 0.4) is 0 Å². The predicted molar refractivity (Wildman–Crippen MR) is 236 cm³/mol. The molecule has 12 atom stereocenters. The molecule has 10 rings (SSSR count). The van der Waals surface area contributed by atoms with Crippen LogP contribution in [0.5, 0.6) is 0 Å². The summed E-state index contributed by atoms with van der Waals surface area (Å²) in [4.78, 5) is 0. The molecule has 0 bridgehead atoms. The zero-order valence-electron chi connectivity index (χ0n) is 33.3. The van der Waals surface area contributed by atoms with Gasteiger partial charge in [-0.15, -0.1) is 0 Å². The lowest BCUT2D eigenvalue weighted by molar-refractivity contribution is -0.378. The van der Waals surface area contributed by atoms with Crippen LogP contribution in [0.4, 0.5) is 0 Å². The van der Waals surface area contributed by atoms with Gasteiger partial charge in [0.15, 0.2) is 25.2 Å². The van der Waals surface area contributed by atoms with Crippen LogP contribution in [0.1, 0.15) is 23.7 Å². The lowest BCUT2D eigenvalue weighted by Gasteiger charge is -2.53. The summed E-state index contributed by atoms with van der Waals surface area (Å²) in [5, 5.41) is 30.0. The average molecular weight is 855 g/mol. The molecule has 0 saturated carbocycles. The SMILES string of the molecule is O[C@@H]1[C@@H]2OC(c3ccccc3)OC[C@H]2O[C@H](O[C@H]2O[C@@H]3COC(c4ccccc4)O[C@H]3[C@@H](O)[C@@H]2P(c2ccccc2)c2ccccc2)[C@H]1P(c1ccccc1)c1ccccc1. The van der Waals surface area contributed by atoms with Gasteiger partial charge in [0, 0.05) is 11.1 Å². The zero-order valence-corrected chi connectivity index (χ0v) is 35.1.